The number of aliphatic imine (C=N–C) groups is 2. The second-order valence-corrected chi connectivity index (χ2v) is 3.18. The summed E-state index contributed by atoms with van der Waals surface area (Å²) in [6.07, 6.45) is 5.66. The van der Waals surface area contributed by atoms with Gasteiger partial charge in [0.25, 0.3) is 5.85 Å². The van der Waals surface area contributed by atoms with Crippen LogP contribution in [0.3, 0.4) is 0 Å². The normalized spacial score (nSPS) is 18.6. The van der Waals surface area contributed by atoms with Crippen LogP contribution in [0.5, 0.6) is 0 Å². The highest BCUT2D eigenvalue weighted by atomic mass is 16.6. The summed E-state index contributed by atoms with van der Waals surface area (Å²) in [6.45, 7) is 5.33. The van der Waals surface area contributed by atoms with E-state index in [9.17, 15) is 4.79 Å². The Bertz CT molecular complexity index is 304. The van der Waals surface area contributed by atoms with E-state index in [1.165, 1.54) is 12.4 Å². The van der Waals surface area contributed by atoms with Gasteiger partial charge >= 0.3 is 5.97 Å². The molecule has 0 spiro atoms. The Balaban J connectivity index is 2.61. The molecule has 4 nitrogen and oxygen atoms in total. The molecule has 1 rings (SSSR count). The molecule has 1 aliphatic heterocycles. The van der Waals surface area contributed by atoms with Gasteiger partial charge in [-0.05, 0) is 13.3 Å². The van der Waals surface area contributed by atoms with E-state index in [-0.39, 0.29) is 5.97 Å². The average molecular weight is 194 g/mol. The van der Waals surface area contributed by atoms with Crippen LogP contribution in [0, 0.1) is 0 Å². The Labute approximate surface area is 83.4 Å². The van der Waals surface area contributed by atoms with E-state index in [1.807, 2.05) is 13.0 Å². The minimum atomic E-state index is -1.06. The van der Waals surface area contributed by atoms with Gasteiger partial charge in [0.15, 0.2) is 0 Å². The number of esters is 1. The zero-order valence-corrected chi connectivity index (χ0v) is 8.65. The fourth-order valence-corrected chi connectivity index (χ4v) is 1.07. The Hall–Kier alpha value is -1.45. The molecule has 76 valence electrons. The molecule has 0 unspecified atom stereocenters. The fraction of sp³-hybridized carbons (Fsp3) is 0.500. The van der Waals surface area contributed by atoms with Crippen LogP contribution in [-0.2, 0) is 9.53 Å². The molecule has 0 saturated heterocycles. The highest BCUT2D eigenvalue weighted by Crippen LogP contribution is 2.18. The lowest BCUT2D eigenvalue weighted by Gasteiger charge is -2.17. The van der Waals surface area contributed by atoms with E-state index >= 15 is 0 Å². The Morgan fingerprint density at radius 3 is 2.57 bits per heavy atom. The smallest absolute Gasteiger partial charge is 0.336 e. The largest absolute Gasteiger partial charge is 0.413 e. The molecule has 0 amide bonds. The highest BCUT2D eigenvalue weighted by Gasteiger charge is 2.28. The third-order valence-corrected chi connectivity index (χ3v) is 1.81. The van der Waals surface area contributed by atoms with Gasteiger partial charge in [-0.2, -0.15) is 0 Å². The zero-order valence-electron chi connectivity index (χ0n) is 8.65. The number of ether oxygens (including phenoxy) is 1. The number of hydrogen-bond donors (Lipinski definition) is 0. The van der Waals surface area contributed by atoms with Crippen molar-refractivity contribution in [3.63, 3.8) is 0 Å². The monoisotopic (exact) mass is 194 g/mol. The molecular weight excluding hydrogens is 180 g/mol. The van der Waals surface area contributed by atoms with Crippen molar-refractivity contribution in [1.82, 2.24) is 0 Å². The molecule has 0 fully saturated rings. The molecule has 14 heavy (non-hydrogen) atoms. The summed E-state index contributed by atoms with van der Waals surface area (Å²) in [5.41, 5.74) is 0.589. The molecule has 0 aromatic carbocycles. The molecule has 0 atom stereocenters. The standard InChI is InChI=1S/C10H14N2O2/c1-4-5-8(2)9(13)14-10(3)11-6-7-12-10/h5-7H,4H2,1-3H3. The molecule has 0 bridgehead atoms. The zero-order chi connectivity index (χ0) is 10.6. The quantitative estimate of drug-likeness (QED) is 0.507. The van der Waals surface area contributed by atoms with Crippen molar-refractivity contribution in [2.45, 2.75) is 33.0 Å². The van der Waals surface area contributed by atoms with Gasteiger partial charge in [-0.15, -0.1) is 0 Å². The van der Waals surface area contributed by atoms with Gasteiger partial charge in [0.1, 0.15) is 0 Å². The van der Waals surface area contributed by atoms with Crippen molar-refractivity contribution in [2.24, 2.45) is 9.98 Å². The summed E-state index contributed by atoms with van der Waals surface area (Å²) in [6, 6.07) is 0. The van der Waals surface area contributed by atoms with Crippen LogP contribution >= 0.6 is 0 Å². The number of rotatable bonds is 3. The lowest BCUT2D eigenvalue weighted by Crippen LogP contribution is -2.25. The maximum absolute atomic E-state index is 11.5. The van der Waals surface area contributed by atoms with Crippen molar-refractivity contribution in [3.05, 3.63) is 11.6 Å². The number of hydrogen-bond acceptors (Lipinski definition) is 4. The van der Waals surface area contributed by atoms with Crippen LogP contribution in [0.4, 0.5) is 0 Å². The predicted octanol–water partition coefficient (Wildman–Crippen LogP) is 1.71. The fourth-order valence-electron chi connectivity index (χ4n) is 1.07. The van der Waals surface area contributed by atoms with E-state index in [0.29, 0.717) is 5.57 Å². The van der Waals surface area contributed by atoms with Gasteiger partial charge in [0, 0.05) is 24.9 Å². The molecule has 1 heterocycles. The van der Waals surface area contributed by atoms with Crippen LogP contribution in [-0.4, -0.2) is 24.2 Å². The van der Waals surface area contributed by atoms with Gasteiger partial charge in [0.2, 0.25) is 0 Å². The minimum Gasteiger partial charge on any atom is -0.413 e. The topological polar surface area (TPSA) is 51.0 Å². The Kier molecular flexibility index (Phi) is 3.17. The highest BCUT2D eigenvalue weighted by molar-refractivity contribution is 6.17. The summed E-state index contributed by atoms with van der Waals surface area (Å²) in [7, 11) is 0. The molecular formula is C10H14N2O2. The summed E-state index contributed by atoms with van der Waals surface area (Å²) >= 11 is 0. The molecule has 0 aliphatic carbocycles. The lowest BCUT2D eigenvalue weighted by atomic mass is 10.2. The first-order chi connectivity index (χ1) is 6.57. The maximum atomic E-state index is 11.5. The Morgan fingerprint density at radius 2 is 2.07 bits per heavy atom. The van der Waals surface area contributed by atoms with Gasteiger partial charge in [-0.3, -0.25) is 0 Å². The molecule has 0 aromatic heterocycles. The number of carbonyl (C=O) groups excluding carboxylic acids is 1. The summed E-state index contributed by atoms with van der Waals surface area (Å²) in [4.78, 5) is 19.3. The van der Waals surface area contributed by atoms with E-state index in [2.05, 4.69) is 9.98 Å². The van der Waals surface area contributed by atoms with Crippen LogP contribution in [0.2, 0.25) is 0 Å². The van der Waals surface area contributed by atoms with E-state index in [1.54, 1.807) is 13.8 Å². The second-order valence-electron chi connectivity index (χ2n) is 3.18. The molecule has 0 saturated carbocycles. The summed E-state index contributed by atoms with van der Waals surface area (Å²) < 4.78 is 5.11. The maximum Gasteiger partial charge on any atom is 0.336 e. The second kappa shape index (κ2) is 4.17. The van der Waals surface area contributed by atoms with Gasteiger partial charge in [0.05, 0.1) is 0 Å². The van der Waals surface area contributed by atoms with Crippen LogP contribution in [0.25, 0.3) is 0 Å². The number of allylic oxidation sites excluding steroid dienone is 1. The lowest BCUT2D eigenvalue weighted by molar-refractivity contribution is -0.151. The summed E-state index contributed by atoms with van der Waals surface area (Å²) in [5.74, 6) is -1.43. The van der Waals surface area contributed by atoms with Gasteiger partial charge < -0.3 is 4.74 Å². The van der Waals surface area contributed by atoms with Crippen LogP contribution in [0.1, 0.15) is 27.2 Å². The summed E-state index contributed by atoms with van der Waals surface area (Å²) in [5, 5.41) is 0. The van der Waals surface area contributed by atoms with Crippen molar-refractivity contribution in [3.8, 4) is 0 Å². The average Bonchev–Trinajstić information content (AvgIpc) is 2.52. The third kappa shape index (κ3) is 2.52. The van der Waals surface area contributed by atoms with Gasteiger partial charge in [-0.25, -0.2) is 14.8 Å². The van der Waals surface area contributed by atoms with E-state index in [0.717, 1.165) is 6.42 Å². The molecule has 0 radical (unpaired) electrons. The Morgan fingerprint density at radius 1 is 1.50 bits per heavy atom. The van der Waals surface area contributed by atoms with E-state index < -0.39 is 5.85 Å². The third-order valence-electron chi connectivity index (χ3n) is 1.81. The van der Waals surface area contributed by atoms with Crippen molar-refractivity contribution < 1.29 is 9.53 Å². The molecule has 1 aliphatic rings. The number of nitrogens with zero attached hydrogens (tertiary/aromatic N) is 2. The van der Waals surface area contributed by atoms with Crippen molar-refractivity contribution in [1.29, 1.82) is 0 Å². The predicted molar refractivity (Wildman–Crippen MR) is 55.5 cm³/mol. The van der Waals surface area contributed by atoms with Crippen molar-refractivity contribution >= 4 is 18.4 Å². The molecule has 0 N–H and O–H groups in total. The first-order valence-corrected chi connectivity index (χ1v) is 4.56. The SMILES string of the molecule is CCC=C(C)C(=O)OC1(C)N=CC=N1. The van der Waals surface area contributed by atoms with Crippen molar-refractivity contribution in [2.75, 3.05) is 0 Å². The molecule has 0 aromatic rings. The van der Waals surface area contributed by atoms with Crippen LogP contribution < -0.4 is 0 Å². The first kappa shape index (κ1) is 10.6. The molecule has 4 heteroatoms. The van der Waals surface area contributed by atoms with E-state index in [4.69, 9.17) is 4.74 Å². The van der Waals surface area contributed by atoms with Gasteiger partial charge in [-0.1, -0.05) is 13.0 Å². The van der Waals surface area contributed by atoms with Crippen LogP contribution in [0.15, 0.2) is 21.6 Å². The minimum absolute atomic E-state index is 0.370. The first-order valence-electron chi connectivity index (χ1n) is 4.56. The number of carbonyl (C=O) groups is 1.